The number of phenolic OH excluding ortho intramolecular Hbond substituents is 2. The number of benzene rings is 3. The van der Waals surface area contributed by atoms with E-state index in [0.29, 0.717) is 29.5 Å². The molecule has 3 aromatic rings. The quantitative estimate of drug-likeness (QED) is 0.0218. The summed E-state index contributed by atoms with van der Waals surface area (Å²) in [6.45, 7) is 5.12. The van der Waals surface area contributed by atoms with E-state index in [-0.39, 0.29) is 61.8 Å². The zero-order valence-electron chi connectivity index (χ0n) is 44.5. The van der Waals surface area contributed by atoms with Crippen LogP contribution in [0.15, 0.2) is 78.9 Å². The minimum Gasteiger partial charge on any atom is -0.508 e. The summed E-state index contributed by atoms with van der Waals surface area (Å²) in [6, 6.07) is 6.04. The van der Waals surface area contributed by atoms with E-state index in [9.17, 15) is 73.8 Å². The number of hydrogen-bond acceptors (Lipinski definition) is 17. The maximum Gasteiger partial charge on any atom is 0.326 e. The summed E-state index contributed by atoms with van der Waals surface area (Å²) in [5.74, 6) is -9.81. The number of nitrogens with one attached hydrogen (secondary N) is 8. The molecule has 26 heteroatoms. The molecule has 11 atom stereocenters. The molecule has 0 aliphatic carbocycles. The first-order chi connectivity index (χ1) is 37.4. The molecule has 0 fully saturated rings. The van der Waals surface area contributed by atoms with Crippen molar-refractivity contribution >= 4 is 65.9 Å². The van der Waals surface area contributed by atoms with Crippen LogP contribution in [0.25, 0.3) is 0 Å². The molecule has 3 aromatic carbocycles. The average Bonchev–Trinajstić information content (AvgIpc) is 3.40. The van der Waals surface area contributed by atoms with Crippen LogP contribution in [0.5, 0.6) is 11.5 Å². The zero-order chi connectivity index (χ0) is 58.9. The maximum atomic E-state index is 14.2. The van der Waals surface area contributed by atoms with Crippen LogP contribution in [0.2, 0.25) is 0 Å². The van der Waals surface area contributed by atoms with Gasteiger partial charge in [0.2, 0.25) is 47.3 Å². The van der Waals surface area contributed by atoms with Crippen LogP contribution in [0.1, 0.15) is 70.1 Å². The Morgan fingerprint density at radius 1 is 0.494 bits per heavy atom. The van der Waals surface area contributed by atoms with E-state index in [2.05, 4.69) is 55.2 Å². The normalized spacial score (nSPS) is 15.4. The fourth-order valence-corrected chi connectivity index (χ4v) is 8.08. The lowest BCUT2D eigenvalue weighted by atomic mass is 10.0. The summed E-state index contributed by atoms with van der Waals surface area (Å²) in [5.41, 5.74) is 12.9. The Balaban J connectivity index is 1.87. The molecule has 0 bridgehead atoms. The van der Waals surface area contributed by atoms with E-state index in [1.54, 1.807) is 44.2 Å². The Hall–Kier alpha value is -7.36. The maximum absolute atomic E-state index is 14.2. The lowest BCUT2D eigenvalue weighted by Crippen LogP contribution is -2.63. The number of thiol groups is 1. The molecular formula is C53H76N10O15S. The first-order valence-electron chi connectivity index (χ1n) is 25.7. The molecule has 0 unspecified atom stereocenters. The first-order valence-corrected chi connectivity index (χ1v) is 26.3. The molecular weight excluding hydrogens is 1050 g/mol. The molecule has 434 valence electrons. The molecule has 0 spiro atoms. The predicted molar refractivity (Wildman–Crippen MR) is 291 cm³/mol. The van der Waals surface area contributed by atoms with Crippen LogP contribution in [-0.2, 0) is 62.4 Å². The SMILES string of the molecule is CC(C)C[C@H](NC(=O)[C@H](Cc1ccccc1)NC(=O)[C@H](CCCCN)NC(=O)[C@H](CS)NC(=O)[C@H](Cc1ccc(O)cc1)NC(=O)[C@@H](NC(=O)[C@H](CO)NC(=O)[C@H](Cc1ccc(O)cc1)NC(=O)[C@@H](N)[C@@H](C)O)[C@@H](C)O)C(=O)O. The number of phenols is 2. The van der Waals surface area contributed by atoms with Gasteiger partial charge < -0.3 is 84.6 Å². The number of carbonyl (C=O) groups excluding carboxylic acids is 8. The molecule has 0 saturated heterocycles. The van der Waals surface area contributed by atoms with Crippen molar-refractivity contribution in [2.24, 2.45) is 17.4 Å². The highest BCUT2D eigenvalue weighted by atomic mass is 32.1. The number of amides is 8. The van der Waals surface area contributed by atoms with Gasteiger partial charge in [-0.15, -0.1) is 0 Å². The van der Waals surface area contributed by atoms with E-state index in [4.69, 9.17) is 11.5 Å². The highest BCUT2D eigenvalue weighted by molar-refractivity contribution is 7.80. The second-order valence-corrected chi connectivity index (χ2v) is 19.8. The van der Waals surface area contributed by atoms with E-state index in [1.165, 1.54) is 55.5 Å². The van der Waals surface area contributed by atoms with Gasteiger partial charge in [-0.25, -0.2) is 4.79 Å². The van der Waals surface area contributed by atoms with Gasteiger partial charge in [-0.05, 0) is 92.9 Å². The molecule has 0 heterocycles. The number of hydrogen-bond donors (Lipinski definition) is 17. The van der Waals surface area contributed by atoms with Crippen molar-refractivity contribution < 1.29 is 73.8 Å². The van der Waals surface area contributed by atoms with Gasteiger partial charge in [0.25, 0.3) is 0 Å². The van der Waals surface area contributed by atoms with Crippen molar-refractivity contribution in [3.63, 3.8) is 0 Å². The summed E-state index contributed by atoms with van der Waals surface area (Å²) in [7, 11) is 0. The lowest BCUT2D eigenvalue weighted by Gasteiger charge is -2.28. The third-order valence-corrected chi connectivity index (χ3v) is 12.7. The third kappa shape index (κ3) is 22.5. The topological polar surface area (TPSA) is 423 Å². The largest absolute Gasteiger partial charge is 0.508 e. The summed E-state index contributed by atoms with van der Waals surface area (Å²) < 4.78 is 0. The van der Waals surface area contributed by atoms with Crippen LogP contribution in [0, 0.1) is 5.92 Å². The zero-order valence-corrected chi connectivity index (χ0v) is 45.4. The van der Waals surface area contributed by atoms with Gasteiger partial charge in [0.1, 0.15) is 65.9 Å². The molecule has 0 saturated carbocycles. The number of aliphatic hydroxyl groups excluding tert-OH is 3. The van der Waals surface area contributed by atoms with Crippen molar-refractivity contribution in [2.75, 3.05) is 18.9 Å². The number of carbonyl (C=O) groups is 9. The molecule has 0 aromatic heterocycles. The van der Waals surface area contributed by atoms with Crippen LogP contribution in [-0.4, -0.2) is 169 Å². The average molecular weight is 1130 g/mol. The molecule has 25 nitrogen and oxygen atoms in total. The second kappa shape index (κ2) is 33.2. The van der Waals surface area contributed by atoms with Crippen LogP contribution >= 0.6 is 12.6 Å². The second-order valence-electron chi connectivity index (χ2n) is 19.5. The van der Waals surface area contributed by atoms with Crippen molar-refractivity contribution in [1.82, 2.24) is 42.5 Å². The number of nitrogens with two attached hydrogens (primary N) is 2. The van der Waals surface area contributed by atoms with Crippen LogP contribution < -0.4 is 54.0 Å². The van der Waals surface area contributed by atoms with Crippen LogP contribution in [0.3, 0.4) is 0 Å². The van der Waals surface area contributed by atoms with Gasteiger partial charge in [-0.1, -0.05) is 68.4 Å². The van der Waals surface area contributed by atoms with Crippen LogP contribution in [0.4, 0.5) is 0 Å². The van der Waals surface area contributed by atoms with E-state index in [0.717, 1.165) is 6.92 Å². The number of carboxylic acid groups (broad SMARTS) is 1. The molecule has 79 heavy (non-hydrogen) atoms. The number of aliphatic carboxylic acids is 1. The fourth-order valence-electron chi connectivity index (χ4n) is 7.82. The van der Waals surface area contributed by atoms with Crippen molar-refractivity contribution in [3.05, 3.63) is 95.6 Å². The predicted octanol–water partition coefficient (Wildman–Crippen LogP) is -2.73. The number of carboxylic acids is 1. The first kappa shape index (κ1) is 65.9. The van der Waals surface area contributed by atoms with Gasteiger partial charge in [-0.3, -0.25) is 38.4 Å². The molecule has 0 radical (unpaired) electrons. The monoisotopic (exact) mass is 1120 g/mol. The molecule has 3 rings (SSSR count). The minimum absolute atomic E-state index is 0.00915. The Morgan fingerprint density at radius 3 is 1.32 bits per heavy atom. The highest BCUT2D eigenvalue weighted by Gasteiger charge is 2.36. The molecule has 0 aliphatic heterocycles. The van der Waals surface area contributed by atoms with Gasteiger partial charge in [0.15, 0.2) is 0 Å². The summed E-state index contributed by atoms with van der Waals surface area (Å²) in [4.78, 5) is 122. The van der Waals surface area contributed by atoms with Crippen molar-refractivity contribution in [3.8, 4) is 11.5 Å². The molecule has 8 amide bonds. The third-order valence-electron chi connectivity index (χ3n) is 12.4. The Labute approximate surface area is 463 Å². The Kier molecular flexibility index (Phi) is 27.7. The molecule has 18 N–H and O–H groups in total. The molecule has 0 aliphatic rings. The summed E-state index contributed by atoms with van der Waals surface area (Å²) >= 11 is 4.29. The number of aliphatic hydroxyl groups is 3. The summed E-state index contributed by atoms with van der Waals surface area (Å²) in [6.07, 6.45) is -2.74. The number of aromatic hydroxyl groups is 2. The fraction of sp³-hybridized carbons (Fsp3) is 0.491. The lowest BCUT2D eigenvalue weighted by molar-refractivity contribution is -0.142. The number of rotatable bonds is 33. The Morgan fingerprint density at radius 2 is 0.886 bits per heavy atom. The van der Waals surface area contributed by atoms with Gasteiger partial charge in [0.05, 0.1) is 18.8 Å². The van der Waals surface area contributed by atoms with E-state index >= 15 is 0 Å². The standard InChI is InChI=1S/C53H76N10O15S/c1-28(2)22-40(53(77)78)60-46(70)37(23-31-10-6-5-7-11-31)57-45(69)36(12-8-9-21-54)56-50(74)42(27-79)62-48(72)39(25-33-15-19-35(68)20-16-33)59-52(76)44(30(4)66)63-49(73)41(26-64)61-47(71)38(58-51(75)43(55)29(3)65)24-32-13-17-34(67)18-14-32/h5-7,10-11,13-20,28-30,36-44,64-68,79H,8-9,12,21-27,54-55H2,1-4H3,(H,56,74)(H,57,69)(H,58,75)(H,59,76)(H,60,70)(H,61,71)(H,62,72)(H,63,73)(H,77,78)/t29-,30-,36+,37+,38+,39+,40+,41+,42+,43+,44+/m1/s1. The van der Waals surface area contributed by atoms with Gasteiger partial charge in [-0.2, -0.15) is 12.6 Å². The van der Waals surface area contributed by atoms with E-state index < -0.39 is 126 Å². The highest BCUT2D eigenvalue weighted by Crippen LogP contribution is 2.15. The smallest absolute Gasteiger partial charge is 0.326 e. The number of unbranched alkanes of at least 4 members (excludes halogenated alkanes) is 1. The van der Waals surface area contributed by atoms with Crippen molar-refractivity contribution in [2.45, 2.75) is 139 Å². The van der Waals surface area contributed by atoms with E-state index in [1.807, 2.05) is 0 Å². The Bertz CT molecular complexity index is 2490. The van der Waals surface area contributed by atoms with Crippen molar-refractivity contribution in [1.29, 1.82) is 0 Å². The summed E-state index contributed by atoms with van der Waals surface area (Å²) in [5, 5.41) is 80.2. The minimum atomic E-state index is -1.88. The van der Waals surface area contributed by atoms with Gasteiger partial charge in [0, 0.05) is 25.0 Å². The van der Waals surface area contributed by atoms with Gasteiger partial charge >= 0.3 is 5.97 Å².